The van der Waals surface area contributed by atoms with Crippen LogP contribution in [0, 0.1) is 10.1 Å². The number of nitrogen functional groups attached to an aromatic ring is 1. The second kappa shape index (κ2) is 7.75. The lowest BCUT2D eigenvalue weighted by Gasteiger charge is -2.13. The maximum absolute atomic E-state index is 11.3. The van der Waals surface area contributed by atoms with Gasteiger partial charge >= 0.3 is 5.69 Å². The van der Waals surface area contributed by atoms with E-state index in [1.165, 1.54) is 0 Å². The fourth-order valence-electron chi connectivity index (χ4n) is 2.65. The van der Waals surface area contributed by atoms with Crippen molar-refractivity contribution in [2.75, 3.05) is 29.5 Å². The van der Waals surface area contributed by atoms with E-state index in [0.29, 0.717) is 19.7 Å². The van der Waals surface area contributed by atoms with Crippen LogP contribution in [0.1, 0.15) is 18.4 Å². The Labute approximate surface area is 144 Å². The Balaban J connectivity index is 1.75. The molecule has 0 bridgehead atoms. The Morgan fingerprint density at radius 3 is 2.76 bits per heavy atom. The molecule has 2 aromatic rings. The summed E-state index contributed by atoms with van der Waals surface area (Å²) in [6.45, 7) is 1.64. The summed E-state index contributed by atoms with van der Waals surface area (Å²) in [5.41, 5.74) is 6.49. The van der Waals surface area contributed by atoms with Crippen LogP contribution in [-0.2, 0) is 11.3 Å². The van der Waals surface area contributed by atoms with Crippen LogP contribution in [-0.4, -0.2) is 34.1 Å². The van der Waals surface area contributed by atoms with Gasteiger partial charge in [-0.3, -0.25) is 10.1 Å². The van der Waals surface area contributed by atoms with Gasteiger partial charge in [-0.15, -0.1) is 0 Å². The van der Waals surface area contributed by atoms with E-state index in [4.69, 9.17) is 10.5 Å². The number of ether oxygens (including phenoxy) is 1. The average Bonchev–Trinajstić information content (AvgIpc) is 3.12. The van der Waals surface area contributed by atoms with Gasteiger partial charge in [0, 0.05) is 19.7 Å². The van der Waals surface area contributed by atoms with Crippen molar-refractivity contribution in [1.82, 2.24) is 9.97 Å². The number of hydrogen-bond donors (Lipinski definition) is 3. The Bertz CT molecular complexity index is 734. The maximum atomic E-state index is 11.3. The summed E-state index contributed by atoms with van der Waals surface area (Å²) in [6, 6.07) is 9.70. The molecule has 1 atom stereocenters. The first-order chi connectivity index (χ1) is 12.1. The summed E-state index contributed by atoms with van der Waals surface area (Å²) in [5, 5.41) is 17.3. The quantitative estimate of drug-likeness (QED) is 0.515. The molecule has 9 heteroatoms. The average molecular weight is 344 g/mol. The van der Waals surface area contributed by atoms with Crippen molar-refractivity contribution in [3.63, 3.8) is 0 Å². The zero-order valence-electron chi connectivity index (χ0n) is 13.6. The molecule has 1 fully saturated rings. The third-order valence-electron chi connectivity index (χ3n) is 3.91. The molecule has 1 aromatic heterocycles. The molecule has 1 unspecified atom stereocenters. The third kappa shape index (κ3) is 4.32. The van der Waals surface area contributed by atoms with Crippen LogP contribution >= 0.6 is 0 Å². The topological polar surface area (TPSA) is 128 Å². The van der Waals surface area contributed by atoms with Crippen molar-refractivity contribution in [2.45, 2.75) is 25.5 Å². The molecule has 2 heterocycles. The van der Waals surface area contributed by atoms with E-state index < -0.39 is 4.92 Å². The molecule has 3 rings (SSSR count). The van der Waals surface area contributed by atoms with Crippen molar-refractivity contribution in [3.05, 3.63) is 46.0 Å². The van der Waals surface area contributed by atoms with Crippen LogP contribution in [0.5, 0.6) is 0 Å². The molecule has 25 heavy (non-hydrogen) atoms. The smallest absolute Gasteiger partial charge is 0.353 e. The number of hydrogen-bond acceptors (Lipinski definition) is 8. The van der Waals surface area contributed by atoms with Gasteiger partial charge in [-0.25, -0.2) is 0 Å². The number of benzene rings is 1. The summed E-state index contributed by atoms with van der Waals surface area (Å²) < 4.78 is 5.52. The number of nitrogens with zero attached hydrogens (tertiary/aromatic N) is 3. The summed E-state index contributed by atoms with van der Waals surface area (Å²) >= 11 is 0. The first-order valence-corrected chi connectivity index (χ1v) is 8.08. The Morgan fingerprint density at radius 1 is 1.28 bits per heavy atom. The normalized spacial score (nSPS) is 16.6. The summed E-state index contributed by atoms with van der Waals surface area (Å²) in [5.74, 6) is 0.163. The Hall–Kier alpha value is -2.94. The molecule has 9 nitrogen and oxygen atoms in total. The Kier molecular flexibility index (Phi) is 5.24. The van der Waals surface area contributed by atoms with Gasteiger partial charge < -0.3 is 21.1 Å². The fourth-order valence-corrected chi connectivity index (χ4v) is 2.65. The maximum Gasteiger partial charge on any atom is 0.353 e. The van der Waals surface area contributed by atoms with E-state index in [2.05, 4.69) is 20.6 Å². The van der Waals surface area contributed by atoms with Gasteiger partial charge in [0.2, 0.25) is 17.6 Å². The number of rotatable bonds is 7. The summed E-state index contributed by atoms with van der Waals surface area (Å²) in [7, 11) is 0. The minimum absolute atomic E-state index is 0.0246. The predicted octanol–water partition coefficient (Wildman–Crippen LogP) is 2.17. The molecular weight excluding hydrogens is 324 g/mol. The van der Waals surface area contributed by atoms with E-state index in [9.17, 15) is 10.1 Å². The highest BCUT2D eigenvalue weighted by molar-refractivity contribution is 5.69. The second-order valence-corrected chi connectivity index (χ2v) is 5.74. The highest BCUT2D eigenvalue weighted by Crippen LogP contribution is 2.29. The van der Waals surface area contributed by atoms with Gasteiger partial charge in [0.05, 0.1) is 11.0 Å². The first kappa shape index (κ1) is 16.9. The standard InChI is InChI=1S/C16H20N6O3/c17-14-13(22(23)24)15(18-10-12-7-4-8-25-12)21-16(20-14)19-9-11-5-2-1-3-6-11/h1-3,5-6,12H,4,7-10H2,(H4,17,18,19,20,21). The van der Waals surface area contributed by atoms with E-state index >= 15 is 0 Å². The van der Waals surface area contributed by atoms with Crippen LogP contribution in [0.25, 0.3) is 0 Å². The molecule has 1 saturated heterocycles. The lowest BCUT2D eigenvalue weighted by molar-refractivity contribution is -0.383. The number of nitrogens with one attached hydrogen (secondary N) is 2. The lowest BCUT2D eigenvalue weighted by Crippen LogP contribution is -2.20. The van der Waals surface area contributed by atoms with Crippen LogP contribution in [0.4, 0.5) is 23.3 Å². The van der Waals surface area contributed by atoms with Gasteiger partial charge in [0.25, 0.3) is 0 Å². The van der Waals surface area contributed by atoms with Gasteiger partial charge in [0.1, 0.15) is 0 Å². The highest BCUT2D eigenvalue weighted by Gasteiger charge is 2.24. The molecule has 1 aliphatic rings. The second-order valence-electron chi connectivity index (χ2n) is 5.74. The Morgan fingerprint density at radius 2 is 2.08 bits per heavy atom. The summed E-state index contributed by atoms with van der Waals surface area (Å²) in [6.07, 6.45) is 1.93. The number of anilines is 3. The van der Waals surface area contributed by atoms with E-state index in [1.807, 2.05) is 30.3 Å². The van der Waals surface area contributed by atoms with Crippen LogP contribution in [0.15, 0.2) is 30.3 Å². The van der Waals surface area contributed by atoms with Gasteiger partial charge in [-0.1, -0.05) is 30.3 Å². The molecule has 0 amide bonds. The largest absolute Gasteiger partial charge is 0.378 e. The lowest BCUT2D eigenvalue weighted by atomic mass is 10.2. The van der Waals surface area contributed by atoms with Crippen molar-refractivity contribution < 1.29 is 9.66 Å². The minimum atomic E-state index is -0.575. The number of nitro groups is 1. The monoisotopic (exact) mass is 344 g/mol. The SMILES string of the molecule is Nc1nc(NCc2ccccc2)nc(NCC2CCCO2)c1[N+](=O)[O-]. The molecule has 1 aliphatic heterocycles. The predicted molar refractivity (Wildman–Crippen MR) is 94.3 cm³/mol. The summed E-state index contributed by atoms with van der Waals surface area (Å²) in [4.78, 5) is 18.9. The van der Waals surface area contributed by atoms with Crippen molar-refractivity contribution in [3.8, 4) is 0 Å². The molecule has 132 valence electrons. The van der Waals surface area contributed by atoms with E-state index in [0.717, 1.165) is 18.4 Å². The van der Waals surface area contributed by atoms with Gasteiger partial charge in [-0.2, -0.15) is 9.97 Å². The van der Waals surface area contributed by atoms with Crippen molar-refractivity contribution >= 4 is 23.3 Å². The molecule has 0 spiro atoms. The molecule has 0 aliphatic carbocycles. The third-order valence-corrected chi connectivity index (χ3v) is 3.91. The van der Waals surface area contributed by atoms with Crippen LogP contribution in [0.2, 0.25) is 0 Å². The molecule has 4 N–H and O–H groups in total. The molecular formula is C16H20N6O3. The van der Waals surface area contributed by atoms with E-state index in [-0.39, 0.29) is 29.4 Å². The van der Waals surface area contributed by atoms with Gasteiger partial charge in [0.15, 0.2) is 0 Å². The first-order valence-electron chi connectivity index (χ1n) is 8.08. The van der Waals surface area contributed by atoms with Crippen LogP contribution in [0.3, 0.4) is 0 Å². The van der Waals surface area contributed by atoms with Crippen molar-refractivity contribution in [1.29, 1.82) is 0 Å². The van der Waals surface area contributed by atoms with Crippen LogP contribution < -0.4 is 16.4 Å². The minimum Gasteiger partial charge on any atom is -0.378 e. The zero-order chi connectivity index (χ0) is 17.6. The van der Waals surface area contributed by atoms with Crippen molar-refractivity contribution in [2.24, 2.45) is 0 Å². The fraction of sp³-hybridized carbons (Fsp3) is 0.375. The zero-order valence-corrected chi connectivity index (χ0v) is 13.6. The highest BCUT2D eigenvalue weighted by atomic mass is 16.6. The number of aromatic nitrogens is 2. The molecule has 0 saturated carbocycles. The molecule has 1 aromatic carbocycles. The van der Waals surface area contributed by atoms with Gasteiger partial charge in [-0.05, 0) is 18.4 Å². The molecule has 0 radical (unpaired) electrons. The number of nitrogens with two attached hydrogens (primary N) is 1. The van der Waals surface area contributed by atoms with E-state index in [1.54, 1.807) is 0 Å².